The van der Waals surface area contributed by atoms with Crippen LogP contribution in [0, 0.1) is 12.8 Å². The molecular weight excluding hydrogens is 470 g/mol. The number of carbonyl (C=O) groups excluding carboxylic acids is 3. The van der Waals surface area contributed by atoms with E-state index in [1.54, 1.807) is 38.5 Å². The zero-order chi connectivity index (χ0) is 26.5. The van der Waals surface area contributed by atoms with Gasteiger partial charge in [-0.1, -0.05) is 48.9 Å². The van der Waals surface area contributed by atoms with Crippen LogP contribution >= 0.6 is 0 Å². The van der Waals surface area contributed by atoms with Crippen LogP contribution in [0.5, 0.6) is 0 Å². The van der Waals surface area contributed by atoms with Crippen LogP contribution in [-0.2, 0) is 27.4 Å². The van der Waals surface area contributed by atoms with E-state index in [1.165, 1.54) is 4.90 Å². The number of carbonyl (C=O) groups is 3. The molecule has 198 valence electrons. The molecule has 1 aliphatic heterocycles. The summed E-state index contributed by atoms with van der Waals surface area (Å²) < 4.78 is 11.4. The molecule has 4 rings (SSSR count). The van der Waals surface area contributed by atoms with E-state index in [9.17, 15) is 14.4 Å². The molecule has 0 spiro atoms. The Morgan fingerprint density at radius 2 is 1.68 bits per heavy atom. The molecule has 1 aliphatic carbocycles. The topological polar surface area (TPSA) is 88.2 Å². The lowest BCUT2D eigenvalue weighted by atomic mass is 9.77. The molecule has 8 heteroatoms. The minimum Gasteiger partial charge on any atom is -0.379 e. The highest BCUT2D eigenvalue weighted by molar-refractivity contribution is 5.99. The third-order valence-corrected chi connectivity index (χ3v) is 7.43. The predicted octanol–water partition coefficient (Wildman–Crippen LogP) is 3.91. The summed E-state index contributed by atoms with van der Waals surface area (Å²) in [6.07, 6.45) is 1.48. The molecule has 1 saturated heterocycles. The Morgan fingerprint density at radius 3 is 2.32 bits per heavy atom. The second kappa shape index (κ2) is 11.9. The molecule has 0 radical (unpaired) electrons. The van der Waals surface area contributed by atoms with Gasteiger partial charge in [0.1, 0.15) is 0 Å². The maximum atomic E-state index is 13.8. The first kappa shape index (κ1) is 26.8. The maximum absolute atomic E-state index is 13.8. The number of fused-ring (bicyclic) bond motifs is 1. The number of amides is 4. The normalized spacial score (nSPS) is 23.7. The van der Waals surface area contributed by atoms with Crippen LogP contribution in [0.2, 0.25) is 0 Å². The van der Waals surface area contributed by atoms with Crippen molar-refractivity contribution in [3.05, 3.63) is 70.8 Å². The quantitative estimate of drug-likeness (QED) is 0.556. The second-order valence-corrected chi connectivity index (χ2v) is 9.97. The van der Waals surface area contributed by atoms with E-state index in [2.05, 4.69) is 11.4 Å². The van der Waals surface area contributed by atoms with Gasteiger partial charge in [-0.25, -0.2) is 4.79 Å². The first-order valence-corrected chi connectivity index (χ1v) is 13.0. The minimum absolute atomic E-state index is 0.133. The van der Waals surface area contributed by atoms with Crippen LogP contribution in [0.4, 0.5) is 4.79 Å². The Morgan fingerprint density at radius 1 is 0.973 bits per heavy atom. The molecule has 1 saturated carbocycles. The van der Waals surface area contributed by atoms with Gasteiger partial charge < -0.3 is 19.7 Å². The molecule has 1 heterocycles. The Labute approximate surface area is 218 Å². The summed E-state index contributed by atoms with van der Waals surface area (Å²) in [5, 5.41) is 2.86. The lowest BCUT2D eigenvalue weighted by Crippen LogP contribution is -2.64. The summed E-state index contributed by atoms with van der Waals surface area (Å²) in [7, 11) is 3.28. The molecule has 4 atom stereocenters. The summed E-state index contributed by atoms with van der Waals surface area (Å²) in [6.45, 7) is 5.20. The predicted molar refractivity (Wildman–Crippen MR) is 140 cm³/mol. The van der Waals surface area contributed by atoms with Gasteiger partial charge in [0.2, 0.25) is 5.91 Å². The van der Waals surface area contributed by atoms with E-state index in [4.69, 9.17) is 9.47 Å². The third kappa shape index (κ3) is 5.86. The number of rotatable bonds is 9. The summed E-state index contributed by atoms with van der Waals surface area (Å²) in [5.41, 5.74) is 3.48. The summed E-state index contributed by atoms with van der Waals surface area (Å²) >= 11 is 0. The lowest BCUT2D eigenvalue weighted by Gasteiger charge is -2.50. The molecular formula is C29H37N3O5. The number of aryl methyl sites for hydroxylation is 1. The van der Waals surface area contributed by atoms with Gasteiger partial charge in [-0.2, -0.15) is 0 Å². The fourth-order valence-electron chi connectivity index (χ4n) is 5.43. The first-order valence-electron chi connectivity index (χ1n) is 13.0. The maximum Gasteiger partial charge on any atom is 0.327 e. The van der Waals surface area contributed by atoms with E-state index in [0.717, 1.165) is 23.1 Å². The smallest absolute Gasteiger partial charge is 0.327 e. The van der Waals surface area contributed by atoms with Crippen molar-refractivity contribution in [3.8, 4) is 0 Å². The third-order valence-electron chi connectivity index (χ3n) is 7.43. The fourth-order valence-corrected chi connectivity index (χ4v) is 5.43. The number of hydrogen-bond acceptors (Lipinski definition) is 5. The number of nitrogens with zero attached hydrogens (tertiary/aromatic N) is 2. The van der Waals surface area contributed by atoms with Gasteiger partial charge in [0.05, 0.1) is 24.7 Å². The number of methoxy groups -OCH3 is 2. The van der Waals surface area contributed by atoms with Gasteiger partial charge in [0, 0.05) is 38.9 Å². The van der Waals surface area contributed by atoms with Crippen LogP contribution < -0.4 is 5.32 Å². The Kier molecular flexibility index (Phi) is 8.61. The van der Waals surface area contributed by atoms with E-state index in [-0.39, 0.29) is 48.6 Å². The molecule has 8 nitrogen and oxygen atoms in total. The average Bonchev–Trinajstić information content (AvgIpc) is 2.91. The van der Waals surface area contributed by atoms with Crippen molar-refractivity contribution in [3.63, 3.8) is 0 Å². The van der Waals surface area contributed by atoms with Crippen molar-refractivity contribution in [2.45, 2.75) is 64.4 Å². The number of benzene rings is 2. The van der Waals surface area contributed by atoms with Crippen molar-refractivity contribution in [2.75, 3.05) is 20.8 Å². The van der Waals surface area contributed by atoms with Crippen LogP contribution in [-0.4, -0.2) is 66.7 Å². The Bertz CT molecular complexity index is 1120. The zero-order valence-electron chi connectivity index (χ0n) is 22.1. The summed E-state index contributed by atoms with van der Waals surface area (Å²) in [4.78, 5) is 42.9. The van der Waals surface area contributed by atoms with Crippen molar-refractivity contribution in [1.82, 2.24) is 15.1 Å². The Hall–Kier alpha value is -3.23. The number of urea groups is 1. The van der Waals surface area contributed by atoms with E-state index in [1.807, 2.05) is 36.9 Å². The number of ether oxygens (including phenoxy) is 2. The van der Waals surface area contributed by atoms with Crippen LogP contribution in [0.25, 0.3) is 0 Å². The standard InChI is InChI=1S/C29H37N3O5/c1-5-13-30-27(33)22-11-9-20(10-12-22)17-32-28(34)23-15-25(36-3)26(37-4)16-24(23)31(29(32)35)18-21-8-6-7-19(2)14-21/h6-12,14,23-26H,5,13,15-18H2,1-4H3,(H,30,33). The molecule has 2 aromatic rings. The second-order valence-electron chi connectivity index (χ2n) is 9.97. The monoisotopic (exact) mass is 507 g/mol. The summed E-state index contributed by atoms with van der Waals surface area (Å²) in [6, 6.07) is 14.6. The van der Waals surface area contributed by atoms with Crippen molar-refractivity contribution < 1.29 is 23.9 Å². The number of nitrogens with one attached hydrogen (secondary N) is 1. The van der Waals surface area contributed by atoms with E-state index >= 15 is 0 Å². The van der Waals surface area contributed by atoms with E-state index in [0.29, 0.717) is 31.5 Å². The highest BCUT2D eigenvalue weighted by Crippen LogP contribution is 2.38. The average molecular weight is 508 g/mol. The fraction of sp³-hybridized carbons (Fsp3) is 0.483. The molecule has 0 bridgehead atoms. The van der Waals surface area contributed by atoms with Gasteiger partial charge in [0.25, 0.3) is 5.91 Å². The molecule has 37 heavy (non-hydrogen) atoms. The van der Waals surface area contributed by atoms with Gasteiger partial charge in [0.15, 0.2) is 0 Å². The molecule has 2 aliphatic rings. The molecule has 2 fully saturated rings. The largest absolute Gasteiger partial charge is 0.379 e. The first-order chi connectivity index (χ1) is 17.9. The molecule has 4 unspecified atom stereocenters. The van der Waals surface area contributed by atoms with Gasteiger partial charge in [-0.15, -0.1) is 0 Å². The van der Waals surface area contributed by atoms with Gasteiger partial charge >= 0.3 is 6.03 Å². The molecule has 1 N–H and O–H groups in total. The van der Waals surface area contributed by atoms with Crippen molar-refractivity contribution in [1.29, 1.82) is 0 Å². The van der Waals surface area contributed by atoms with Crippen LogP contribution in [0.1, 0.15) is 53.2 Å². The van der Waals surface area contributed by atoms with Crippen molar-refractivity contribution >= 4 is 17.8 Å². The Balaban J connectivity index is 1.60. The number of imide groups is 1. The van der Waals surface area contributed by atoms with Crippen LogP contribution in [0.15, 0.2) is 48.5 Å². The van der Waals surface area contributed by atoms with Gasteiger partial charge in [-0.3, -0.25) is 14.5 Å². The SMILES string of the molecule is CCCNC(=O)c1ccc(CN2C(=O)C3CC(OC)C(OC)CC3N(Cc3cccc(C)c3)C2=O)cc1. The van der Waals surface area contributed by atoms with Crippen molar-refractivity contribution in [2.24, 2.45) is 5.92 Å². The lowest BCUT2D eigenvalue weighted by molar-refractivity contribution is -0.152. The van der Waals surface area contributed by atoms with E-state index < -0.39 is 0 Å². The highest BCUT2D eigenvalue weighted by Gasteiger charge is 2.51. The molecule has 2 aromatic carbocycles. The zero-order valence-corrected chi connectivity index (χ0v) is 22.1. The number of hydrogen-bond donors (Lipinski definition) is 1. The molecule has 0 aromatic heterocycles. The minimum atomic E-state index is -0.377. The summed E-state index contributed by atoms with van der Waals surface area (Å²) in [5.74, 6) is -0.693. The molecule has 4 amide bonds. The highest BCUT2D eigenvalue weighted by atomic mass is 16.5. The van der Waals surface area contributed by atoms with Gasteiger partial charge in [-0.05, 0) is 49.4 Å². The van der Waals surface area contributed by atoms with Crippen LogP contribution in [0.3, 0.4) is 0 Å².